The number of carbonyl (C=O) groups is 2. The minimum atomic E-state index is -3.61. The summed E-state index contributed by atoms with van der Waals surface area (Å²) in [7, 11) is -2.07. The Morgan fingerprint density at radius 1 is 1.28 bits per heavy atom. The fraction of sp³-hybridized carbons (Fsp3) is 0.556. The lowest BCUT2D eigenvalue weighted by Gasteiger charge is -2.20. The van der Waals surface area contributed by atoms with Gasteiger partial charge in [0.15, 0.2) is 0 Å². The van der Waals surface area contributed by atoms with Gasteiger partial charge in [0.1, 0.15) is 0 Å². The monoisotopic (exact) mass is 446 g/mol. The third-order valence-electron chi connectivity index (χ3n) is 4.56. The average molecular weight is 447 g/mol. The number of methoxy groups -OCH3 is 1. The Morgan fingerprint density at radius 2 is 1.97 bits per heavy atom. The van der Waals surface area contributed by atoms with Crippen molar-refractivity contribution < 1.29 is 22.7 Å². The molecule has 0 radical (unpaired) electrons. The maximum Gasteiger partial charge on any atom is 0.243 e. The first kappa shape index (κ1) is 23.6. The number of nitrogens with one attached hydrogen (secondary N) is 1. The van der Waals surface area contributed by atoms with Crippen LogP contribution in [-0.2, 0) is 24.3 Å². The molecule has 9 nitrogen and oxygen atoms in total. The molecule has 1 saturated heterocycles. The molecular formula is C18H27ClN4O5S. The van der Waals surface area contributed by atoms with E-state index in [0.29, 0.717) is 32.8 Å². The zero-order valence-electron chi connectivity index (χ0n) is 16.4. The Kier molecular flexibility index (Phi) is 8.84. The molecule has 0 atom stereocenters. The van der Waals surface area contributed by atoms with E-state index in [2.05, 4.69) is 5.32 Å². The van der Waals surface area contributed by atoms with Crippen LogP contribution in [0.15, 0.2) is 23.1 Å². The molecule has 0 unspecified atom stereocenters. The van der Waals surface area contributed by atoms with Gasteiger partial charge in [-0.05, 0) is 31.0 Å². The molecule has 1 fully saturated rings. The van der Waals surface area contributed by atoms with Crippen LogP contribution in [0.5, 0.6) is 0 Å². The Bertz CT molecular complexity index is 828. The third-order valence-corrected chi connectivity index (χ3v) is 6.79. The first-order valence-electron chi connectivity index (χ1n) is 9.33. The first-order chi connectivity index (χ1) is 13.7. The minimum Gasteiger partial charge on any atom is -0.383 e. The SMILES string of the molecule is COCCN(CCC(=O)Nc1cc(S(=O)(=O)N2CCCC2)ccc1Cl)CC(N)=O. The number of hydrogen-bond acceptors (Lipinski definition) is 6. The van der Waals surface area contributed by atoms with Gasteiger partial charge in [0, 0.05) is 39.7 Å². The van der Waals surface area contributed by atoms with E-state index in [1.54, 1.807) is 12.0 Å². The van der Waals surface area contributed by atoms with Crippen LogP contribution >= 0.6 is 11.6 Å². The van der Waals surface area contributed by atoms with Gasteiger partial charge >= 0.3 is 0 Å². The zero-order chi connectivity index (χ0) is 21.4. The maximum absolute atomic E-state index is 12.7. The fourth-order valence-electron chi connectivity index (χ4n) is 3.02. The van der Waals surface area contributed by atoms with E-state index in [1.165, 1.54) is 22.5 Å². The number of primary amides is 1. The number of sulfonamides is 1. The number of ether oxygens (including phenoxy) is 1. The molecule has 2 amide bonds. The summed E-state index contributed by atoms with van der Waals surface area (Å²) in [5, 5.41) is 2.89. The quantitative estimate of drug-likeness (QED) is 0.520. The Hall–Kier alpha value is -1.72. The molecule has 1 aromatic carbocycles. The zero-order valence-corrected chi connectivity index (χ0v) is 18.0. The summed E-state index contributed by atoms with van der Waals surface area (Å²) in [5.74, 6) is -0.848. The van der Waals surface area contributed by atoms with Crippen molar-refractivity contribution in [3.63, 3.8) is 0 Å². The van der Waals surface area contributed by atoms with Gasteiger partial charge in [0.25, 0.3) is 0 Å². The third kappa shape index (κ3) is 6.93. The molecule has 1 aromatic rings. The van der Waals surface area contributed by atoms with Crippen LogP contribution in [0.3, 0.4) is 0 Å². The van der Waals surface area contributed by atoms with Crippen LogP contribution in [0.2, 0.25) is 5.02 Å². The van der Waals surface area contributed by atoms with Crippen molar-refractivity contribution >= 4 is 39.1 Å². The number of nitrogens with zero attached hydrogens (tertiary/aromatic N) is 2. The Labute approximate surface area is 176 Å². The topological polar surface area (TPSA) is 122 Å². The van der Waals surface area contributed by atoms with Gasteiger partial charge in [-0.1, -0.05) is 11.6 Å². The van der Waals surface area contributed by atoms with Crippen LogP contribution in [0.25, 0.3) is 0 Å². The summed E-state index contributed by atoms with van der Waals surface area (Å²) in [6, 6.07) is 4.27. The highest BCUT2D eigenvalue weighted by Crippen LogP contribution is 2.28. The lowest BCUT2D eigenvalue weighted by atomic mass is 10.3. The summed E-state index contributed by atoms with van der Waals surface area (Å²) in [5.41, 5.74) is 5.46. The number of carbonyl (C=O) groups excluding carboxylic acids is 2. The van der Waals surface area contributed by atoms with Gasteiger partial charge in [0.05, 0.1) is 28.8 Å². The molecule has 1 aliphatic rings. The van der Waals surface area contributed by atoms with E-state index < -0.39 is 15.9 Å². The number of nitrogens with two attached hydrogens (primary N) is 1. The van der Waals surface area contributed by atoms with Gasteiger partial charge in [-0.15, -0.1) is 0 Å². The molecule has 3 N–H and O–H groups in total. The normalized spacial score (nSPS) is 15.0. The number of anilines is 1. The standard InChI is InChI=1S/C18H27ClN4O5S/c1-28-11-10-22(13-17(20)24)9-6-18(25)21-16-12-14(4-5-15(16)19)29(26,27)23-7-2-3-8-23/h4-5,12H,2-3,6-11,13H2,1H3,(H2,20,24)(H,21,25). The first-order valence-corrected chi connectivity index (χ1v) is 11.1. The maximum atomic E-state index is 12.7. The van der Waals surface area contributed by atoms with Crippen molar-refractivity contribution in [2.45, 2.75) is 24.2 Å². The summed E-state index contributed by atoms with van der Waals surface area (Å²) in [4.78, 5) is 25.3. The van der Waals surface area contributed by atoms with E-state index in [4.69, 9.17) is 22.1 Å². The van der Waals surface area contributed by atoms with Crippen LogP contribution in [0.1, 0.15) is 19.3 Å². The molecule has 0 spiro atoms. The molecular weight excluding hydrogens is 420 g/mol. The lowest BCUT2D eigenvalue weighted by Crippen LogP contribution is -2.37. The van der Waals surface area contributed by atoms with Crippen molar-refractivity contribution in [2.75, 3.05) is 51.8 Å². The molecule has 1 aliphatic heterocycles. The summed E-state index contributed by atoms with van der Waals surface area (Å²) in [6.45, 7) is 2.14. The second-order valence-corrected chi connectivity index (χ2v) is 9.13. The summed E-state index contributed by atoms with van der Waals surface area (Å²) in [6.07, 6.45) is 1.75. The van der Waals surface area contributed by atoms with Gasteiger partial charge in [-0.3, -0.25) is 14.5 Å². The molecule has 2 rings (SSSR count). The van der Waals surface area contributed by atoms with Gasteiger partial charge in [0.2, 0.25) is 21.8 Å². The van der Waals surface area contributed by atoms with Crippen LogP contribution in [-0.4, -0.2) is 75.9 Å². The second-order valence-electron chi connectivity index (χ2n) is 6.79. The van der Waals surface area contributed by atoms with Crippen LogP contribution in [0, 0.1) is 0 Å². The number of amides is 2. The smallest absolute Gasteiger partial charge is 0.243 e. The fourth-order valence-corrected chi connectivity index (χ4v) is 4.73. The highest BCUT2D eigenvalue weighted by Gasteiger charge is 2.27. The molecule has 0 saturated carbocycles. The molecule has 1 heterocycles. The number of rotatable bonds is 11. The van der Waals surface area contributed by atoms with Gasteiger partial charge in [-0.2, -0.15) is 4.31 Å². The van der Waals surface area contributed by atoms with E-state index >= 15 is 0 Å². The molecule has 0 aromatic heterocycles. The lowest BCUT2D eigenvalue weighted by molar-refractivity contribution is -0.120. The predicted octanol–water partition coefficient (Wildman–Crippen LogP) is 0.887. The van der Waals surface area contributed by atoms with Crippen molar-refractivity contribution in [3.8, 4) is 0 Å². The molecule has 11 heteroatoms. The van der Waals surface area contributed by atoms with Crippen molar-refractivity contribution in [2.24, 2.45) is 5.73 Å². The molecule has 0 bridgehead atoms. The van der Waals surface area contributed by atoms with Crippen molar-refractivity contribution in [1.29, 1.82) is 0 Å². The van der Waals surface area contributed by atoms with Crippen molar-refractivity contribution in [3.05, 3.63) is 23.2 Å². The minimum absolute atomic E-state index is 0.0148. The van der Waals surface area contributed by atoms with Crippen molar-refractivity contribution in [1.82, 2.24) is 9.21 Å². The molecule has 0 aliphatic carbocycles. The van der Waals surface area contributed by atoms with Crippen LogP contribution < -0.4 is 11.1 Å². The molecule has 162 valence electrons. The van der Waals surface area contributed by atoms with E-state index in [1.807, 2.05) is 0 Å². The largest absolute Gasteiger partial charge is 0.383 e. The Morgan fingerprint density at radius 3 is 2.59 bits per heavy atom. The Balaban J connectivity index is 2.03. The number of halogens is 1. The van der Waals surface area contributed by atoms with Gasteiger partial charge in [-0.25, -0.2) is 8.42 Å². The number of hydrogen-bond donors (Lipinski definition) is 2. The van der Waals surface area contributed by atoms with E-state index in [0.717, 1.165) is 12.8 Å². The van der Waals surface area contributed by atoms with E-state index in [-0.39, 0.29) is 34.5 Å². The molecule has 29 heavy (non-hydrogen) atoms. The highest BCUT2D eigenvalue weighted by molar-refractivity contribution is 7.89. The van der Waals surface area contributed by atoms with E-state index in [9.17, 15) is 18.0 Å². The number of benzene rings is 1. The predicted molar refractivity (Wildman–Crippen MR) is 110 cm³/mol. The summed E-state index contributed by atoms with van der Waals surface area (Å²) < 4.78 is 31.8. The highest BCUT2D eigenvalue weighted by atomic mass is 35.5. The summed E-state index contributed by atoms with van der Waals surface area (Å²) >= 11 is 6.14. The van der Waals surface area contributed by atoms with Crippen LogP contribution in [0.4, 0.5) is 5.69 Å². The average Bonchev–Trinajstić information content (AvgIpc) is 3.21. The second kappa shape index (κ2) is 10.9. The van der Waals surface area contributed by atoms with Gasteiger partial charge < -0.3 is 15.8 Å².